The lowest BCUT2D eigenvalue weighted by molar-refractivity contribution is 0.463. The Labute approximate surface area is 164 Å². The second kappa shape index (κ2) is 6.65. The van der Waals surface area contributed by atoms with E-state index in [0.29, 0.717) is 22.1 Å². The highest BCUT2D eigenvalue weighted by molar-refractivity contribution is 6.30. The molecular formula is C21H16ClN3O3. The lowest BCUT2D eigenvalue weighted by Crippen LogP contribution is -2.35. The van der Waals surface area contributed by atoms with Gasteiger partial charge in [-0.25, -0.2) is 9.67 Å². The smallest absolute Gasteiger partial charge is 0.279 e. The minimum Gasteiger partial charge on any atom is -0.505 e. The van der Waals surface area contributed by atoms with Crippen molar-refractivity contribution in [2.75, 3.05) is 0 Å². The van der Waals surface area contributed by atoms with Gasteiger partial charge in [0, 0.05) is 17.8 Å². The summed E-state index contributed by atoms with van der Waals surface area (Å²) in [6.45, 7) is 1.73. The summed E-state index contributed by atoms with van der Waals surface area (Å²) in [5.74, 6) is -0.272. The Morgan fingerprint density at radius 2 is 1.61 bits per heavy atom. The average Bonchev–Trinajstić information content (AvgIpc) is 2.91. The molecule has 1 N–H and O–H groups in total. The van der Waals surface area contributed by atoms with Crippen LogP contribution in [-0.4, -0.2) is 14.5 Å². The van der Waals surface area contributed by atoms with Gasteiger partial charge in [0.25, 0.3) is 5.56 Å². The number of benzene rings is 2. The Hall–Kier alpha value is -3.38. The van der Waals surface area contributed by atoms with Crippen molar-refractivity contribution in [3.05, 3.63) is 91.2 Å². The first-order valence-electron chi connectivity index (χ1n) is 8.57. The number of nitrogens with zero attached hydrogens (tertiary/aromatic N) is 3. The van der Waals surface area contributed by atoms with Crippen LogP contribution in [0.2, 0.25) is 5.02 Å². The Balaban J connectivity index is 1.88. The van der Waals surface area contributed by atoms with Gasteiger partial charge in [0.15, 0.2) is 11.1 Å². The molecule has 0 amide bonds. The molecule has 28 heavy (non-hydrogen) atoms. The van der Waals surface area contributed by atoms with Gasteiger partial charge in [0.2, 0.25) is 5.43 Å². The first kappa shape index (κ1) is 18.0. The van der Waals surface area contributed by atoms with E-state index in [1.807, 2.05) is 18.2 Å². The van der Waals surface area contributed by atoms with E-state index in [4.69, 9.17) is 11.6 Å². The molecule has 0 aliphatic heterocycles. The van der Waals surface area contributed by atoms with Crippen molar-refractivity contribution in [1.29, 1.82) is 0 Å². The van der Waals surface area contributed by atoms with Gasteiger partial charge < -0.3 is 5.11 Å². The van der Waals surface area contributed by atoms with Crippen LogP contribution in [0.1, 0.15) is 5.69 Å². The third-order valence-corrected chi connectivity index (χ3v) is 5.03. The maximum absolute atomic E-state index is 13.0. The van der Waals surface area contributed by atoms with E-state index in [1.165, 1.54) is 4.68 Å². The van der Waals surface area contributed by atoms with E-state index in [9.17, 15) is 14.7 Å². The van der Waals surface area contributed by atoms with E-state index in [-0.39, 0.29) is 27.8 Å². The molecule has 4 rings (SSSR count). The summed E-state index contributed by atoms with van der Waals surface area (Å²) in [5.41, 5.74) is 1.10. The molecule has 0 atom stereocenters. The highest BCUT2D eigenvalue weighted by Crippen LogP contribution is 2.26. The van der Waals surface area contributed by atoms with E-state index >= 15 is 0 Å². The summed E-state index contributed by atoms with van der Waals surface area (Å²) >= 11 is 5.85. The van der Waals surface area contributed by atoms with Gasteiger partial charge in [-0.1, -0.05) is 29.8 Å². The Morgan fingerprint density at radius 3 is 2.21 bits per heavy atom. The Morgan fingerprint density at radius 1 is 0.964 bits per heavy atom. The molecule has 0 unspecified atom stereocenters. The third kappa shape index (κ3) is 2.70. The average molecular weight is 394 g/mol. The molecule has 0 spiro atoms. The zero-order valence-electron chi connectivity index (χ0n) is 15.2. The predicted molar refractivity (Wildman–Crippen MR) is 108 cm³/mol. The van der Waals surface area contributed by atoms with Gasteiger partial charge in [-0.15, -0.1) is 0 Å². The number of hydrogen-bond donors (Lipinski definition) is 1. The zero-order valence-corrected chi connectivity index (χ0v) is 15.9. The predicted octanol–water partition coefficient (Wildman–Crippen LogP) is 2.98. The van der Waals surface area contributed by atoms with Crippen molar-refractivity contribution in [2.24, 2.45) is 12.0 Å². The topological polar surface area (TPSA) is 76.6 Å². The third-order valence-electron chi connectivity index (χ3n) is 4.77. The van der Waals surface area contributed by atoms with Crippen LogP contribution in [0.5, 0.6) is 5.75 Å². The molecule has 4 aromatic rings. The van der Waals surface area contributed by atoms with Gasteiger partial charge in [-0.05, 0) is 43.3 Å². The number of rotatable bonds is 3. The molecule has 0 fully saturated rings. The van der Waals surface area contributed by atoms with Crippen molar-refractivity contribution in [2.45, 2.75) is 6.92 Å². The molecule has 0 aliphatic carbocycles. The number of aromatic nitrogens is 2. The quantitative estimate of drug-likeness (QED) is 0.581. The standard InChI is InChI=1S/C21H16ClN3O3/c1-12-16(21(28)25(24(12)2)15-6-4-3-5-7-15)17-19(26)18(20(17)27)23-14-10-8-13(22)9-11-14/h3-11,26H,1-2H3. The van der Waals surface area contributed by atoms with E-state index in [0.717, 1.165) is 0 Å². The molecule has 1 aromatic heterocycles. The van der Waals surface area contributed by atoms with Gasteiger partial charge in [-0.2, -0.15) is 0 Å². The first-order chi connectivity index (χ1) is 13.4. The lowest BCUT2D eigenvalue weighted by Gasteiger charge is -2.08. The van der Waals surface area contributed by atoms with Crippen molar-refractivity contribution in [3.63, 3.8) is 0 Å². The summed E-state index contributed by atoms with van der Waals surface area (Å²) in [4.78, 5) is 29.9. The van der Waals surface area contributed by atoms with Gasteiger partial charge in [-0.3, -0.25) is 14.3 Å². The highest BCUT2D eigenvalue weighted by atomic mass is 35.5. The van der Waals surface area contributed by atoms with Crippen LogP contribution in [-0.2, 0) is 7.05 Å². The molecule has 0 saturated carbocycles. The van der Waals surface area contributed by atoms with Crippen molar-refractivity contribution >= 4 is 17.3 Å². The fraction of sp³-hybridized carbons (Fsp3) is 0.0952. The molecule has 6 nitrogen and oxygen atoms in total. The number of aromatic hydroxyl groups is 1. The van der Waals surface area contributed by atoms with Crippen LogP contribution in [0.3, 0.4) is 0 Å². The normalized spacial score (nSPS) is 12.0. The molecule has 3 aromatic carbocycles. The molecule has 7 heteroatoms. The summed E-state index contributed by atoms with van der Waals surface area (Å²) in [6, 6.07) is 15.7. The van der Waals surface area contributed by atoms with E-state index in [1.54, 1.807) is 55.1 Å². The van der Waals surface area contributed by atoms with E-state index in [2.05, 4.69) is 4.99 Å². The van der Waals surface area contributed by atoms with Crippen LogP contribution in [0.4, 0.5) is 5.69 Å². The second-order valence-corrected chi connectivity index (χ2v) is 6.86. The number of hydrogen-bond acceptors (Lipinski definition) is 4. The maximum atomic E-state index is 13.0. The minimum absolute atomic E-state index is 0.000458. The van der Waals surface area contributed by atoms with Crippen LogP contribution in [0.25, 0.3) is 16.8 Å². The maximum Gasteiger partial charge on any atom is 0.279 e. The van der Waals surface area contributed by atoms with E-state index < -0.39 is 5.43 Å². The summed E-state index contributed by atoms with van der Waals surface area (Å²) < 4.78 is 3.13. The fourth-order valence-corrected chi connectivity index (χ4v) is 3.35. The molecule has 1 heterocycles. The fourth-order valence-electron chi connectivity index (χ4n) is 3.23. The molecule has 0 aliphatic rings. The summed E-state index contributed by atoms with van der Waals surface area (Å²) in [5, 5.41) is 11.0. The molecule has 0 saturated heterocycles. The molecular weight excluding hydrogens is 378 g/mol. The second-order valence-electron chi connectivity index (χ2n) is 6.43. The Kier molecular flexibility index (Phi) is 4.28. The van der Waals surface area contributed by atoms with Crippen LogP contribution < -0.4 is 16.3 Å². The van der Waals surface area contributed by atoms with Crippen LogP contribution in [0, 0.1) is 6.92 Å². The lowest BCUT2D eigenvalue weighted by atomic mass is 10.00. The van der Waals surface area contributed by atoms with Crippen molar-refractivity contribution in [1.82, 2.24) is 9.36 Å². The summed E-state index contributed by atoms with van der Waals surface area (Å²) in [6.07, 6.45) is 0. The summed E-state index contributed by atoms with van der Waals surface area (Å²) in [7, 11) is 1.73. The SMILES string of the molecule is Cc1c(-c2c(O)c(=Nc3ccc(Cl)cc3)c2=O)c(=O)n(-c2ccccc2)n1C. The Bertz CT molecular complexity index is 1320. The number of para-hydroxylation sites is 1. The highest BCUT2D eigenvalue weighted by Gasteiger charge is 2.28. The van der Waals surface area contributed by atoms with Crippen molar-refractivity contribution in [3.8, 4) is 22.6 Å². The number of halogens is 1. The monoisotopic (exact) mass is 393 g/mol. The van der Waals surface area contributed by atoms with Gasteiger partial charge in [0.05, 0.1) is 22.5 Å². The van der Waals surface area contributed by atoms with Crippen molar-refractivity contribution < 1.29 is 5.11 Å². The van der Waals surface area contributed by atoms with Gasteiger partial charge >= 0.3 is 0 Å². The van der Waals surface area contributed by atoms with Crippen LogP contribution >= 0.6 is 11.6 Å². The largest absolute Gasteiger partial charge is 0.505 e. The molecule has 0 radical (unpaired) electrons. The molecule has 140 valence electrons. The first-order valence-corrected chi connectivity index (χ1v) is 8.95. The van der Waals surface area contributed by atoms with Gasteiger partial charge in [0.1, 0.15) is 0 Å². The zero-order chi connectivity index (χ0) is 20.0. The minimum atomic E-state index is -0.460. The molecule has 0 bridgehead atoms. The van der Waals surface area contributed by atoms with Crippen LogP contribution in [0.15, 0.2) is 69.2 Å².